The minimum Gasteiger partial charge on any atom is -0.480 e. The zero-order chi connectivity index (χ0) is 18.6. The van der Waals surface area contributed by atoms with Gasteiger partial charge in [0.1, 0.15) is 0 Å². The normalized spacial score (nSPS) is 18.4. The van der Waals surface area contributed by atoms with Crippen molar-refractivity contribution in [3.05, 3.63) is 35.4 Å². The fourth-order valence-corrected chi connectivity index (χ4v) is 2.74. The van der Waals surface area contributed by atoms with Gasteiger partial charge in [-0.1, -0.05) is 12.1 Å². The van der Waals surface area contributed by atoms with Gasteiger partial charge in [-0.15, -0.1) is 0 Å². The zero-order valence-electron chi connectivity index (χ0n) is 13.6. The molecule has 1 aromatic rings. The van der Waals surface area contributed by atoms with E-state index in [1.165, 1.54) is 21.9 Å². The van der Waals surface area contributed by atoms with E-state index in [2.05, 4.69) is 0 Å². The van der Waals surface area contributed by atoms with Crippen LogP contribution in [-0.2, 0) is 15.7 Å². The first kappa shape index (κ1) is 19.2. The summed E-state index contributed by atoms with van der Waals surface area (Å²) in [5, 5.41) is 8.76. The number of alkyl halides is 3. The van der Waals surface area contributed by atoms with Crippen molar-refractivity contribution in [2.75, 3.05) is 39.8 Å². The first-order valence-electron chi connectivity index (χ1n) is 7.66. The highest BCUT2D eigenvalue weighted by atomic mass is 19.4. The molecule has 1 amide bonds. The number of aliphatic carboxylic acids is 1. The number of halogens is 3. The number of rotatable bonds is 5. The van der Waals surface area contributed by atoms with Crippen LogP contribution in [0.4, 0.5) is 13.2 Å². The number of likely N-dealkylation sites (N-methyl/N-ethyl adjacent to an activating group) is 1. The van der Waals surface area contributed by atoms with Crippen LogP contribution in [0.5, 0.6) is 0 Å². The Labute approximate surface area is 142 Å². The van der Waals surface area contributed by atoms with Gasteiger partial charge >= 0.3 is 12.1 Å². The molecule has 1 atom stereocenters. The lowest BCUT2D eigenvalue weighted by atomic mass is 10.1. The lowest BCUT2D eigenvalue weighted by Crippen LogP contribution is -2.49. The highest BCUT2D eigenvalue weighted by molar-refractivity contribution is 5.96. The minimum absolute atomic E-state index is 0.106. The SMILES string of the molecule is CN(CC(=O)O)CC1CN(C(=O)c2ccccc2C(F)(F)F)CCO1. The van der Waals surface area contributed by atoms with Crippen LogP contribution in [0, 0.1) is 0 Å². The van der Waals surface area contributed by atoms with Crippen LogP contribution in [0.25, 0.3) is 0 Å². The third-order valence-corrected chi connectivity index (χ3v) is 3.81. The van der Waals surface area contributed by atoms with E-state index in [0.717, 1.165) is 12.1 Å². The number of amides is 1. The molecule has 6 nitrogen and oxygen atoms in total. The number of nitrogens with zero attached hydrogens (tertiary/aromatic N) is 2. The Morgan fingerprint density at radius 3 is 2.68 bits per heavy atom. The standard InChI is InChI=1S/C16H19F3N2O4/c1-20(10-14(22)23)8-11-9-21(6-7-25-11)15(24)12-4-2-3-5-13(12)16(17,18)19/h2-5,11H,6-10H2,1H3,(H,22,23). The third kappa shape index (κ3) is 5.17. The molecular weight excluding hydrogens is 341 g/mol. The Morgan fingerprint density at radius 2 is 2.04 bits per heavy atom. The van der Waals surface area contributed by atoms with Crippen LogP contribution >= 0.6 is 0 Å². The van der Waals surface area contributed by atoms with Gasteiger partial charge in [0.2, 0.25) is 0 Å². The number of carboxylic acid groups (broad SMARTS) is 1. The van der Waals surface area contributed by atoms with Gasteiger partial charge in [-0.2, -0.15) is 13.2 Å². The molecule has 1 aliphatic heterocycles. The van der Waals surface area contributed by atoms with E-state index < -0.39 is 35.3 Å². The second kappa shape index (κ2) is 7.83. The maximum absolute atomic E-state index is 13.1. The number of carbonyl (C=O) groups excluding carboxylic acids is 1. The van der Waals surface area contributed by atoms with Crippen molar-refractivity contribution >= 4 is 11.9 Å². The average molecular weight is 360 g/mol. The lowest BCUT2D eigenvalue weighted by molar-refractivity contribution is -0.139. The second-order valence-electron chi connectivity index (χ2n) is 5.88. The van der Waals surface area contributed by atoms with Gasteiger partial charge in [0.05, 0.1) is 30.4 Å². The monoisotopic (exact) mass is 360 g/mol. The molecule has 1 N–H and O–H groups in total. The van der Waals surface area contributed by atoms with E-state index >= 15 is 0 Å². The summed E-state index contributed by atoms with van der Waals surface area (Å²) in [6.07, 6.45) is -5.07. The van der Waals surface area contributed by atoms with Gasteiger partial charge in [0.15, 0.2) is 0 Å². The molecule has 9 heteroatoms. The highest BCUT2D eigenvalue weighted by Crippen LogP contribution is 2.32. The highest BCUT2D eigenvalue weighted by Gasteiger charge is 2.36. The molecule has 1 saturated heterocycles. The molecular formula is C16H19F3N2O4. The molecule has 1 fully saturated rings. The molecule has 138 valence electrons. The molecule has 0 spiro atoms. The molecule has 0 saturated carbocycles. The van der Waals surface area contributed by atoms with Gasteiger partial charge in [-0.05, 0) is 19.2 Å². The summed E-state index contributed by atoms with van der Waals surface area (Å²) in [5.41, 5.74) is -1.36. The topological polar surface area (TPSA) is 70.1 Å². The van der Waals surface area contributed by atoms with Crippen molar-refractivity contribution in [3.8, 4) is 0 Å². The summed E-state index contributed by atoms with van der Waals surface area (Å²) < 4.78 is 44.8. The number of ether oxygens (including phenoxy) is 1. The van der Waals surface area contributed by atoms with Crippen LogP contribution in [-0.4, -0.2) is 72.7 Å². The fraction of sp³-hybridized carbons (Fsp3) is 0.500. The van der Waals surface area contributed by atoms with Crippen LogP contribution < -0.4 is 0 Å². The van der Waals surface area contributed by atoms with E-state index in [9.17, 15) is 22.8 Å². The Hall–Kier alpha value is -2.13. The van der Waals surface area contributed by atoms with E-state index in [1.807, 2.05) is 0 Å². The van der Waals surface area contributed by atoms with Crippen molar-refractivity contribution in [1.82, 2.24) is 9.80 Å². The number of hydrogen-bond donors (Lipinski definition) is 1. The number of morpholine rings is 1. The van der Waals surface area contributed by atoms with Crippen molar-refractivity contribution in [1.29, 1.82) is 0 Å². The van der Waals surface area contributed by atoms with Gasteiger partial charge in [-0.3, -0.25) is 14.5 Å². The van der Waals surface area contributed by atoms with E-state index in [1.54, 1.807) is 7.05 Å². The van der Waals surface area contributed by atoms with Crippen molar-refractivity contribution in [2.45, 2.75) is 12.3 Å². The van der Waals surface area contributed by atoms with E-state index in [-0.39, 0.29) is 32.8 Å². The molecule has 0 aromatic heterocycles. The summed E-state index contributed by atoms with van der Waals surface area (Å²) in [4.78, 5) is 26.1. The molecule has 25 heavy (non-hydrogen) atoms. The van der Waals surface area contributed by atoms with Gasteiger partial charge < -0.3 is 14.7 Å². The lowest BCUT2D eigenvalue weighted by Gasteiger charge is -2.35. The van der Waals surface area contributed by atoms with E-state index in [0.29, 0.717) is 0 Å². The zero-order valence-corrected chi connectivity index (χ0v) is 13.6. The summed E-state index contributed by atoms with van der Waals surface area (Å²) in [6, 6.07) is 4.67. The summed E-state index contributed by atoms with van der Waals surface area (Å²) >= 11 is 0. The molecule has 1 heterocycles. The maximum atomic E-state index is 13.1. The fourth-order valence-electron chi connectivity index (χ4n) is 2.74. The second-order valence-corrected chi connectivity index (χ2v) is 5.88. The van der Waals surface area contributed by atoms with Gasteiger partial charge in [0.25, 0.3) is 5.91 Å². The summed E-state index contributed by atoms with van der Waals surface area (Å²) in [6.45, 7) is 0.548. The Morgan fingerprint density at radius 1 is 1.36 bits per heavy atom. The third-order valence-electron chi connectivity index (χ3n) is 3.81. The van der Waals surface area contributed by atoms with Crippen molar-refractivity contribution in [3.63, 3.8) is 0 Å². The first-order valence-corrected chi connectivity index (χ1v) is 7.66. The number of benzene rings is 1. The molecule has 1 aromatic carbocycles. The Balaban J connectivity index is 2.09. The minimum atomic E-state index is -4.61. The predicted molar refractivity (Wildman–Crippen MR) is 82.2 cm³/mol. The average Bonchev–Trinajstić information content (AvgIpc) is 2.52. The van der Waals surface area contributed by atoms with E-state index in [4.69, 9.17) is 9.84 Å². The van der Waals surface area contributed by atoms with Gasteiger partial charge in [0, 0.05) is 19.6 Å². The van der Waals surface area contributed by atoms with Crippen molar-refractivity contribution < 1.29 is 32.6 Å². The number of hydrogen-bond acceptors (Lipinski definition) is 4. The summed E-state index contributed by atoms with van der Waals surface area (Å²) in [7, 11) is 1.59. The smallest absolute Gasteiger partial charge is 0.417 e. The molecule has 0 bridgehead atoms. The largest absolute Gasteiger partial charge is 0.480 e. The maximum Gasteiger partial charge on any atom is 0.417 e. The quantitative estimate of drug-likeness (QED) is 0.863. The molecule has 2 rings (SSSR count). The molecule has 0 aliphatic carbocycles. The van der Waals surface area contributed by atoms with Gasteiger partial charge in [-0.25, -0.2) is 0 Å². The van der Waals surface area contributed by atoms with Crippen LogP contribution in [0.3, 0.4) is 0 Å². The molecule has 1 unspecified atom stereocenters. The predicted octanol–water partition coefficient (Wildman–Crippen LogP) is 1.56. The molecule has 1 aliphatic rings. The number of carbonyl (C=O) groups is 2. The molecule has 0 radical (unpaired) electrons. The van der Waals surface area contributed by atoms with Crippen LogP contribution in [0.2, 0.25) is 0 Å². The van der Waals surface area contributed by atoms with Crippen LogP contribution in [0.1, 0.15) is 15.9 Å². The first-order chi connectivity index (χ1) is 11.7. The number of carboxylic acids is 1. The summed E-state index contributed by atoms with van der Waals surface area (Å²) in [5.74, 6) is -1.70. The van der Waals surface area contributed by atoms with Crippen molar-refractivity contribution in [2.24, 2.45) is 0 Å². The Bertz CT molecular complexity index is 636. The Kier molecular flexibility index (Phi) is 6.02. The van der Waals surface area contributed by atoms with Crippen LogP contribution in [0.15, 0.2) is 24.3 Å².